The van der Waals surface area contributed by atoms with Crippen molar-refractivity contribution in [2.45, 2.75) is 20.0 Å². The molecule has 8 nitrogen and oxygen atoms in total. The lowest BCUT2D eigenvalue weighted by Gasteiger charge is -2.08. The summed E-state index contributed by atoms with van der Waals surface area (Å²) in [5.74, 6) is -0.385. The third-order valence-electron chi connectivity index (χ3n) is 4.85. The average molecular weight is 536 g/mol. The number of aryl methyl sites for hydroxylation is 1. The van der Waals surface area contributed by atoms with Crippen LogP contribution < -0.4 is 22.1 Å². The van der Waals surface area contributed by atoms with Gasteiger partial charge in [0.05, 0.1) is 11.6 Å². The van der Waals surface area contributed by atoms with Crippen molar-refractivity contribution in [3.63, 3.8) is 0 Å². The van der Waals surface area contributed by atoms with E-state index in [4.69, 9.17) is 11.6 Å². The van der Waals surface area contributed by atoms with Crippen LogP contribution in [0.2, 0.25) is 5.02 Å². The number of carbonyl (C=O) groups is 1. The Hall–Kier alpha value is -2.95. The van der Waals surface area contributed by atoms with Crippen molar-refractivity contribution in [3.8, 4) is 0 Å². The van der Waals surface area contributed by atoms with E-state index in [9.17, 15) is 19.2 Å². The molecule has 0 saturated heterocycles. The molecule has 0 spiro atoms. The summed E-state index contributed by atoms with van der Waals surface area (Å²) in [5.41, 5.74) is 0.658. The predicted molar refractivity (Wildman–Crippen MR) is 127 cm³/mol. The molecule has 11 heteroatoms. The molecule has 2 N–H and O–H groups in total. The summed E-state index contributed by atoms with van der Waals surface area (Å²) in [7, 11) is 0. The number of benzene rings is 1. The minimum atomic E-state index is -0.530. The Morgan fingerprint density at radius 2 is 1.94 bits per heavy atom. The second kappa shape index (κ2) is 8.89. The maximum Gasteiger partial charge on any atom is 0.336 e. The summed E-state index contributed by atoms with van der Waals surface area (Å²) in [6, 6.07) is 8.16. The Morgan fingerprint density at radius 1 is 1.19 bits per heavy atom. The molecule has 3 heterocycles. The number of hydrogen-bond acceptors (Lipinski definition) is 5. The molecule has 3 aromatic heterocycles. The smallest absolute Gasteiger partial charge is 0.336 e. The van der Waals surface area contributed by atoms with Crippen LogP contribution in [0.15, 0.2) is 61.6 Å². The van der Waals surface area contributed by atoms with Gasteiger partial charge in [0.15, 0.2) is 0 Å². The van der Waals surface area contributed by atoms with Gasteiger partial charge in [-0.25, -0.2) is 4.79 Å². The number of nitrogens with one attached hydrogen (secondary N) is 2. The first-order valence-electron chi connectivity index (χ1n) is 9.40. The van der Waals surface area contributed by atoms with Gasteiger partial charge in [-0.05, 0) is 46.1 Å². The highest BCUT2D eigenvalue weighted by Gasteiger charge is 2.18. The van der Waals surface area contributed by atoms with E-state index in [2.05, 4.69) is 26.2 Å². The van der Waals surface area contributed by atoms with Crippen molar-refractivity contribution in [3.05, 3.63) is 105 Å². The molecular weight excluding hydrogens is 520 g/mol. The van der Waals surface area contributed by atoms with Gasteiger partial charge in [0.25, 0.3) is 11.5 Å². The van der Waals surface area contributed by atoms with Crippen LogP contribution >= 0.6 is 38.9 Å². The zero-order chi connectivity index (χ0) is 23.0. The summed E-state index contributed by atoms with van der Waals surface area (Å²) < 4.78 is 3.12. The van der Waals surface area contributed by atoms with Crippen molar-refractivity contribution < 1.29 is 4.79 Å². The monoisotopic (exact) mass is 534 g/mol. The largest absolute Gasteiger partial charge is 0.347 e. The quantitative estimate of drug-likeness (QED) is 0.410. The van der Waals surface area contributed by atoms with Crippen LogP contribution in [-0.4, -0.2) is 19.9 Å². The predicted octanol–water partition coefficient (Wildman–Crippen LogP) is 2.91. The molecule has 0 aliphatic carbocycles. The van der Waals surface area contributed by atoms with Gasteiger partial charge in [-0.1, -0.05) is 23.7 Å². The van der Waals surface area contributed by atoms with Crippen molar-refractivity contribution in [1.82, 2.24) is 19.3 Å². The number of thiazole rings is 1. The maximum atomic E-state index is 13.0. The van der Waals surface area contributed by atoms with Crippen LogP contribution in [0.25, 0.3) is 4.83 Å². The van der Waals surface area contributed by atoms with E-state index in [-0.39, 0.29) is 24.6 Å². The SMILES string of the molecule is Cc1c(=O)n(Cc2ccc(Cl)c(Br)c2)c(=O)n2cc(C(=O)NCc3ccc(=O)[nH]c3)sc12. The lowest BCUT2D eigenvalue weighted by atomic mass is 10.2. The number of nitrogens with zero attached hydrogens (tertiary/aromatic N) is 2. The number of aromatic nitrogens is 3. The Bertz CT molecular complexity index is 1520. The molecule has 0 fully saturated rings. The molecule has 0 bridgehead atoms. The molecule has 4 rings (SSSR count). The fourth-order valence-electron chi connectivity index (χ4n) is 3.15. The Labute approximate surface area is 198 Å². The molecular formula is C21H16BrClN4O4S. The maximum absolute atomic E-state index is 13.0. The summed E-state index contributed by atoms with van der Waals surface area (Å²) in [6.45, 7) is 1.90. The molecule has 4 aromatic rings. The van der Waals surface area contributed by atoms with Gasteiger partial charge in [0.1, 0.15) is 9.71 Å². The minimum Gasteiger partial charge on any atom is -0.347 e. The van der Waals surface area contributed by atoms with E-state index in [1.807, 2.05) is 0 Å². The summed E-state index contributed by atoms with van der Waals surface area (Å²) in [4.78, 5) is 52.9. The highest BCUT2D eigenvalue weighted by Crippen LogP contribution is 2.23. The van der Waals surface area contributed by atoms with E-state index in [1.54, 1.807) is 31.2 Å². The van der Waals surface area contributed by atoms with Crippen LogP contribution in [-0.2, 0) is 13.1 Å². The van der Waals surface area contributed by atoms with Crippen LogP contribution in [0.1, 0.15) is 26.4 Å². The number of rotatable bonds is 5. The average Bonchev–Trinajstić information content (AvgIpc) is 3.23. The third kappa shape index (κ3) is 4.34. The fraction of sp³-hybridized carbons (Fsp3) is 0.143. The number of amides is 1. The fourth-order valence-corrected chi connectivity index (χ4v) is 4.70. The van der Waals surface area contributed by atoms with Gasteiger partial charge in [-0.3, -0.25) is 23.4 Å². The van der Waals surface area contributed by atoms with E-state index in [0.29, 0.717) is 24.8 Å². The van der Waals surface area contributed by atoms with Gasteiger partial charge in [0, 0.05) is 35.0 Å². The first-order chi connectivity index (χ1) is 15.2. The van der Waals surface area contributed by atoms with Gasteiger partial charge >= 0.3 is 5.69 Å². The molecule has 0 aliphatic rings. The number of fused-ring (bicyclic) bond motifs is 1. The zero-order valence-corrected chi connectivity index (χ0v) is 19.8. The highest BCUT2D eigenvalue weighted by molar-refractivity contribution is 9.10. The highest BCUT2D eigenvalue weighted by atomic mass is 79.9. The lowest BCUT2D eigenvalue weighted by molar-refractivity contribution is 0.0954. The number of halogens is 2. The van der Waals surface area contributed by atoms with Crippen LogP contribution in [0, 0.1) is 6.92 Å². The van der Waals surface area contributed by atoms with Crippen molar-refractivity contribution in [2.24, 2.45) is 0 Å². The zero-order valence-electron chi connectivity index (χ0n) is 16.6. The first-order valence-corrected chi connectivity index (χ1v) is 11.4. The van der Waals surface area contributed by atoms with Crippen molar-refractivity contribution in [1.29, 1.82) is 0 Å². The molecule has 32 heavy (non-hydrogen) atoms. The van der Waals surface area contributed by atoms with E-state index in [1.165, 1.54) is 22.9 Å². The number of hydrogen-bond donors (Lipinski definition) is 2. The summed E-state index contributed by atoms with van der Waals surface area (Å²) >= 11 is 10.4. The second-order valence-electron chi connectivity index (χ2n) is 7.06. The molecule has 0 aliphatic heterocycles. The lowest BCUT2D eigenvalue weighted by Crippen LogP contribution is -2.38. The van der Waals surface area contributed by atoms with E-state index < -0.39 is 11.2 Å². The van der Waals surface area contributed by atoms with Gasteiger partial charge in [-0.2, -0.15) is 0 Å². The molecule has 164 valence electrons. The molecule has 0 radical (unpaired) electrons. The topological polar surface area (TPSA) is 105 Å². The van der Waals surface area contributed by atoms with Crippen LogP contribution in [0.3, 0.4) is 0 Å². The van der Waals surface area contributed by atoms with Gasteiger partial charge in [0.2, 0.25) is 5.56 Å². The minimum absolute atomic E-state index is 0.0702. The molecule has 1 aromatic carbocycles. The normalized spacial score (nSPS) is 11.1. The number of carbonyl (C=O) groups excluding carboxylic acids is 1. The molecule has 0 unspecified atom stereocenters. The Balaban J connectivity index is 1.66. The van der Waals surface area contributed by atoms with E-state index >= 15 is 0 Å². The standard InChI is InChI=1S/C21H16BrClN4O4S/c1-11-19(30)26(9-12-2-4-15(23)14(22)6-12)21(31)27-10-16(32-20(11)27)18(29)25-8-13-3-5-17(28)24-7-13/h2-7,10H,8-9H2,1H3,(H,24,28)(H,25,29). The van der Waals surface area contributed by atoms with Crippen LogP contribution in [0.5, 0.6) is 0 Å². The van der Waals surface area contributed by atoms with Gasteiger partial charge in [-0.15, -0.1) is 11.3 Å². The number of aromatic amines is 1. The van der Waals surface area contributed by atoms with Crippen LogP contribution in [0.4, 0.5) is 0 Å². The number of pyridine rings is 1. The summed E-state index contributed by atoms with van der Waals surface area (Å²) in [5, 5.41) is 3.27. The van der Waals surface area contributed by atoms with E-state index in [0.717, 1.165) is 27.0 Å². The summed E-state index contributed by atoms with van der Waals surface area (Å²) in [6.07, 6.45) is 2.95. The van der Waals surface area contributed by atoms with Gasteiger partial charge < -0.3 is 10.3 Å². The Kier molecular flexibility index (Phi) is 6.18. The van der Waals surface area contributed by atoms with Crippen molar-refractivity contribution >= 4 is 49.6 Å². The Morgan fingerprint density at radius 3 is 2.62 bits per heavy atom. The molecule has 1 amide bonds. The molecule has 0 atom stereocenters. The first kappa shape index (κ1) is 22.3. The number of H-pyrrole nitrogens is 1. The third-order valence-corrected chi connectivity index (χ3v) is 7.27. The second-order valence-corrected chi connectivity index (χ2v) is 9.35. The van der Waals surface area contributed by atoms with Crippen molar-refractivity contribution in [2.75, 3.05) is 0 Å². The molecule has 0 saturated carbocycles.